The van der Waals surface area contributed by atoms with E-state index in [4.69, 9.17) is 4.42 Å². The number of hydrogen-bond donors (Lipinski definition) is 0. The fourth-order valence-electron chi connectivity index (χ4n) is 3.42. The summed E-state index contributed by atoms with van der Waals surface area (Å²) in [5, 5.41) is 8.41. The molecule has 1 unspecified atom stereocenters. The standard InChI is InChI=1S/C18H26N4O3/c1-3-15(23)21(4-2)12-16(24)22-11-6-5-10-14(22)18-20-19-17(25-18)13-8-7-9-13/h3,13-14H,1,4-12H2,2H3. The van der Waals surface area contributed by atoms with Crippen molar-refractivity contribution in [1.29, 1.82) is 0 Å². The summed E-state index contributed by atoms with van der Waals surface area (Å²) < 4.78 is 5.89. The fourth-order valence-corrected chi connectivity index (χ4v) is 3.42. The molecule has 0 bridgehead atoms. The van der Waals surface area contributed by atoms with E-state index in [9.17, 15) is 9.59 Å². The lowest BCUT2D eigenvalue weighted by Crippen LogP contribution is -2.45. The number of rotatable bonds is 6. The van der Waals surface area contributed by atoms with Gasteiger partial charge in [-0.15, -0.1) is 10.2 Å². The van der Waals surface area contributed by atoms with Gasteiger partial charge in [0.15, 0.2) is 0 Å². The van der Waals surface area contributed by atoms with Crippen LogP contribution >= 0.6 is 0 Å². The molecule has 25 heavy (non-hydrogen) atoms. The minimum atomic E-state index is -0.227. The second-order valence-electron chi connectivity index (χ2n) is 6.76. The van der Waals surface area contributed by atoms with Gasteiger partial charge in [0, 0.05) is 19.0 Å². The van der Waals surface area contributed by atoms with Gasteiger partial charge in [0.2, 0.25) is 23.6 Å². The first-order chi connectivity index (χ1) is 12.1. The zero-order valence-corrected chi connectivity index (χ0v) is 14.8. The lowest BCUT2D eigenvalue weighted by Gasteiger charge is -2.35. The molecule has 0 radical (unpaired) electrons. The summed E-state index contributed by atoms with van der Waals surface area (Å²) in [6.45, 7) is 6.54. The van der Waals surface area contributed by atoms with Crippen LogP contribution in [0.15, 0.2) is 17.1 Å². The van der Waals surface area contributed by atoms with E-state index in [-0.39, 0.29) is 24.4 Å². The Kier molecular flexibility index (Phi) is 5.50. The van der Waals surface area contributed by atoms with Gasteiger partial charge in [-0.05, 0) is 45.1 Å². The van der Waals surface area contributed by atoms with Crippen LogP contribution in [0.3, 0.4) is 0 Å². The minimum absolute atomic E-state index is 0.0570. The van der Waals surface area contributed by atoms with Crippen molar-refractivity contribution in [3.8, 4) is 0 Å². The molecular weight excluding hydrogens is 320 g/mol. The highest BCUT2D eigenvalue weighted by molar-refractivity contribution is 5.91. The predicted molar refractivity (Wildman–Crippen MR) is 91.6 cm³/mol. The van der Waals surface area contributed by atoms with Gasteiger partial charge < -0.3 is 14.2 Å². The molecular formula is C18H26N4O3. The van der Waals surface area contributed by atoms with E-state index in [1.807, 2.05) is 6.92 Å². The monoisotopic (exact) mass is 346 g/mol. The zero-order valence-electron chi connectivity index (χ0n) is 14.8. The smallest absolute Gasteiger partial charge is 0.246 e. The lowest BCUT2D eigenvalue weighted by molar-refractivity contribution is -0.141. The molecule has 2 amide bonds. The Hall–Kier alpha value is -2.18. The summed E-state index contributed by atoms with van der Waals surface area (Å²) in [7, 11) is 0. The summed E-state index contributed by atoms with van der Waals surface area (Å²) in [4.78, 5) is 27.9. The molecule has 1 aliphatic heterocycles. The molecule has 2 aliphatic rings. The van der Waals surface area contributed by atoms with Crippen molar-refractivity contribution in [2.75, 3.05) is 19.6 Å². The molecule has 0 N–H and O–H groups in total. The summed E-state index contributed by atoms with van der Waals surface area (Å²) in [5.74, 6) is 1.32. The molecule has 7 heteroatoms. The number of aromatic nitrogens is 2. The van der Waals surface area contributed by atoms with Crippen molar-refractivity contribution in [1.82, 2.24) is 20.0 Å². The maximum atomic E-state index is 12.8. The minimum Gasteiger partial charge on any atom is -0.423 e. The van der Waals surface area contributed by atoms with Gasteiger partial charge in [0.05, 0.1) is 0 Å². The Balaban J connectivity index is 1.71. The average Bonchev–Trinajstić information content (AvgIpc) is 3.06. The van der Waals surface area contributed by atoms with Crippen LogP contribution in [0.1, 0.15) is 69.2 Å². The van der Waals surface area contributed by atoms with Crippen molar-refractivity contribution in [3.63, 3.8) is 0 Å². The predicted octanol–water partition coefficient (Wildman–Crippen LogP) is 2.43. The van der Waals surface area contributed by atoms with Crippen LogP contribution in [0.2, 0.25) is 0 Å². The van der Waals surface area contributed by atoms with Crippen molar-refractivity contribution in [3.05, 3.63) is 24.4 Å². The van der Waals surface area contributed by atoms with Crippen LogP contribution in [0.25, 0.3) is 0 Å². The summed E-state index contributed by atoms with van der Waals surface area (Å²) in [6, 6.07) is -0.180. The van der Waals surface area contributed by atoms with Crippen LogP contribution < -0.4 is 0 Å². The number of carbonyl (C=O) groups excluding carboxylic acids is 2. The molecule has 1 aliphatic carbocycles. The summed E-state index contributed by atoms with van der Waals surface area (Å²) in [6.07, 6.45) is 7.45. The third-order valence-electron chi connectivity index (χ3n) is 5.21. The summed E-state index contributed by atoms with van der Waals surface area (Å²) in [5.41, 5.74) is 0. The van der Waals surface area contributed by atoms with Crippen LogP contribution in [0, 0.1) is 0 Å². The summed E-state index contributed by atoms with van der Waals surface area (Å²) >= 11 is 0. The number of piperidine rings is 1. The van der Waals surface area contributed by atoms with Crippen molar-refractivity contribution >= 4 is 11.8 Å². The lowest BCUT2D eigenvalue weighted by atomic mass is 9.85. The second kappa shape index (κ2) is 7.80. The van der Waals surface area contributed by atoms with Crippen LogP contribution in [0.4, 0.5) is 0 Å². The first kappa shape index (κ1) is 17.6. The van der Waals surface area contributed by atoms with E-state index < -0.39 is 0 Å². The number of likely N-dealkylation sites (N-methyl/N-ethyl adjacent to an activating group) is 1. The van der Waals surface area contributed by atoms with Crippen molar-refractivity contribution in [2.24, 2.45) is 0 Å². The highest BCUT2D eigenvalue weighted by Crippen LogP contribution is 2.37. The molecule has 0 spiro atoms. The fraction of sp³-hybridized carbons (Fsp3) is 0.667. The van der Waals surface area contributed by atoms with Gasteiger partial charge in [0.1, 0.15) is 12.6 Å². The number of carbonyl (C=O) groups is 2. The van der Waals surface area contributed by atoms with Gasteiger partial charge >= 0.3 is 0 Å². The molecule has 2 fully saturated rings. The Morgan fingerprint density at radius 1 is 1.24 bits per heavy atom. The maximum Gasteiger partial charge on any atom is 0.246 e. The van der Waals surface area contributed by atoms with Crippen LogP contribution in [-0.4, -0.2) is 51.4 Å². The van der Waals surface area contributed by atoms with Crippen LogP contribution in [-0.2, 0) is 9.59 Å². The quantitative estimate of drug-likeness (QED) is 0.739. The number of nitrogens with zero attached hydrogens (tertiary/aromatic N) is 4. The molecule has 136 valence electrons. The average molecular weight is 346 g/mol. The normalized spacial score (nSPS) is 20.8. The molecule has 1 atom stereocenters. The van der Waals surface area contributed by atoms with Crippen molar-refractivity contribution in [2.45, 2.75) is 57.4 Å². The van der Waals surface area contributed by atoms with E-state index in [2.05, 4.69) is 16.8 Å². The highest BCUT2D eigenvalue weighted by atomic mass is 16.4. The van der Waals surface area contributed by atoms with Gasteiger partial charge in [-0.3, -0.25) is 9.59 Å². The SMILES string of the molecule is C=CC(=O)N(CC)CC(=O)N1CCCCC1c1nnc(C2CCC2)o1. The molecule has 0 aromatic carbocycles. The van der Waals surface area contributed by atoms with E-state index >= 15 is 0 Å². The zero-order chi connectivity index (χ0) is 17.8. The van der Waals surface area contributed by atoms with E-state index in [1.54, 1.807) is 4.90 Å². The van der Waals surface area contributed by atoms with Crippen LogP contribution in [0.5, 0.6) is 0 Å². The van der Waals surface area contributed by atoms with E-state index in [1.165, 1.54) is 17.4 Å². The molecule has 1 saturated carbocycles. The molecule has 1 aromatic rings. The van der Waals surface area contributed by atoms with Gasteiger partial charge in [-0.1, -0.05) is 13.0 Å². The van der Waals surface area contributed by atoms with Gasteiger partial charge in [-0.25, -0.2) is 0 Å². The molecule has 2 heterocycles. The van der Waals surface area contributed by atoms with Crippen molar-refractivity contribution < 1.29 is 14.0 Å². The van der Waals surface area contributed by atoms with Gasteiger partial charge in [-0.2, -0.15) is 0 Å². The number of amides is 2. The highest BCUT2D eigenvalue weighted by Gasteiger charge is 2.34. The largest absolute Gasteiger partial charge is 0.423 e. The third-order valence-corrected chi connectivity index (χ3v) is 5.21. The molecule has 1 saturated heterocycles. The van der Waals surface area contributed by atoms with Gasteiger partial charge in [0.25, 0.3) is 0 Å². The maximum absolute atomic E-state index is 12.8. The number of hydrogen-bond acceptors (Lipinski definition) is 5. The molecule has 1 aromatic heterocycles. The first-order valence-electron chi connectivity index (χ1n) is 9.18. The second-order valence-corrected chi connectivity index (χ2v) is 6.76. The Morgan fingerprint density at radius 2 is 2.00 bits per heavy atom. The number of likely N-dealkylation sites (tertiary alicyclic amines) is 1. The molecule has 3 rings (SSSR count). The topological polar surface area (TPSA) is 79.5 Å². The first-order valence-corrected chi connectivity index (χ1v) is 9.18. The molecule has 7 nitrogen and oxygen atoms in total. The third kappa shape index (κ3) is 3.75. The van der Waals surface area contributed by atoms with E-state index in [0.29, 0.717) is 30.8 Å². The van der Waals surface area contributed by atoms with E-state index in [0.717, 1.165) is 32.1 Å². The Bertz CT molecular complexity index is 638. The Labute approximate surface area is 148 Å². The Morgan fingerprint density at radius 3 is 2.64 bits per heavy atom.